The van der Waals surface area contributed by atoms with E-state index in [0.717, 1.165) is 12.2 Å². The zero-order valence-corrected chi connectivity index (χ0v) is 2.98. The monoisotopic (exact) mass is 70.0 g/mol. The second-order valence-corrected chi connectivity index (χ2v) is 1.79. The van der Waals surface area contributed by atoms with Crippen molar-refractivity contribution in [2.75, 3.05) is 0 Å². The van der Waals surface area contributed by atoms with Crippen LogP contribution >= 0.6 is 0 Å². The zero-order valence-electron chi connectivity index (χ0n) is 2.98. The van der Waals surface area contributed by atoms with Gasteiger partial charge in [-0.2, -0.15) is 0 Å². The molecule has 0 amide bonds. The minimum atomic E-state index is 0.731. The summed E-state index contributed by atoms with van der Waals surface area (Å²) in [4.78, 5) is 0. The van der Waals surface area contributed by atoms with Crippen LogP contribution in [0.2, 0.25) is 0 Å². The molecule has 1 heteroatoms. The normalized spacial score (nSPS) is 57.6. The van der Waals surface area contributed by atoms with E-state index in [1.807, 2.05) is 0 Å². The van der Waals surface area contributed by atoms with Gasteiger partial charge in [0.25, 0.3) is 0 Å². The first kappa shape index (κ1) is 2.19. The molecule has 0 aromatic rings. The summed E-state index contributed by atoms with van der Waals surface area (Å²) in [5.41, 5.74) is 0. The Morgan fingerprint density at radius 2 is 1.80 bits per heavy atom. The van der Waals surface area contributed by atoms with Gasteiger partial charge in [-0.25, -0.2) is 0 Å². The fraction of sp³-hybridized carbons (Fsp3) is 1.00. The van der Waals surface area contributed by atoms with Crippen LogP contribution in [0.1, 0.15) is 12.8 Å². The third kappa shape index (κ3) is 0.127. The minimum absolute atomic E-state index is 0.731. The van der Waals surface area contributed by atoms with Crippen LogP contribution in [0.3, 0.4) is 0 Å². The molecule has 0 aromatic carbocycles. The third-order valence-electron chi connectivity index (χ3n) is 1.42. The molecular weight excluding hydrogens is 64.0 g/mol. The van der Waals surface area contributed by atoms with E-state index in [1.54, 1.807) is 0 Å². The molecule has 0 N–H and O–H groups in total. The third-order valence-corrected chi connectivity index (χ3v) is 1.42. The highest BCUT2D eigenvalue weighted by Crippen LogP contribution is 2.40. The molecule has 1 aliphatic carbocycles. The number of fused-ring (bicyclic) bond motifs is 1. The summed E-state index contributed by atoms with van der Waals surface area (Å²) in [6.07, 6.45) is 4.14. The van der Waals surface area contributed by atoms with Crippen molar-refractivity contribution in [3.05, 3.63) is 0 Å². The van der Waals surface area contributed by atoms with Crippen LogP contribution in [0.5, 0.6) is 0 Å². The average Bonchev–Trinajstić information content (AvgIpc) is 1.74. The summed E-state index contributed by atoms with van der Waals surface area (Å²) in [6, 6.07) is 0. The molecule has 5 heavy (non-hydrogen) atoms. The molecule has 1 saturated carbocycles. The van der Waals surface area contributed by atoms with Gasteiger partial charge >= 0.3 is 0 Å². The van der Waals surface area contributed by atoms with Gasteiger partial charge in [-0.05, 0) is 12.8 Å². The molecule has 2 atom stereocenters. The van der Waals surface area contributed by atoms with E-state index in [-0.39, 0.29) is 0 Å². The SMILES string of the molecule is C1C[C@@H]2OC12. The molecule has 2 rings (SSSR count). The second-order valence-electron chi connectivity index (χ2n) is 1.79. The van der Waals surface area contributed by atoms with Gasteiger partial charge in [-0.15, -0.1) is 0 Å². The predicted molar refractivity (Wildman–Crippen MR) is 17.9 cm³/mol. The second kappa shape index (κ2) is 0.432. The van der Waals surface area contributed by atoms with Crippen molar-refractivity contribution in [3.63, 3.8) is 0 Å². The molecule has 0 spiro atoms. The number of rotatable bonds is 0. The summed E-state index contributed by atoms with van der Waals surface area (Å²) in [5, 5.41) is 0. The summed E-state index contributed by atoms with van der Waals surface area (Å²) in [7, 11) is 0. The van der Waals surface area contributed by atoms with Gasteiger partial charge in [0.2, 0.25) is 0 Å². The summed E-state index contributed by atoms with van der Waals surface area (Å²) in [6.45, 7) is 0. The van der Waals surface area contributed by atoms with Gasteiger partial charge in [0.15, 0.2) is 0 Å². The van der Waals surface area contributed by atoms with Crippen molar-refractivity contribution in [2.24, 2.45) is 0 Å². The van der Waals surface area contributed by atoms with Crippen molar-refractivity contribution >= 4 is 0 Å². The van der Waals surface area contributed by atoms with Crippen LogP contribution in [0, 0.1) is 0 Å². The first-order chi connectivity index (χ1) is 2.47. The molecule has 1 heterocycles. The Labute approximate surface area is 30.9 Å². The molecule has 2 fully saturated rings. The van der Waals surface area contributed by atoms with E-state index in [9.17, 15) is 0 Å². The van der Waals surface area contributed by atoms with Crippen molar-refractivity contribution in [1.82, 2.24) is 0 Å². The zero-order chi connectivity index (χ0) is 3.28. The Morgan fingerprint density at radius 3 is 1.80 bits per heavy atom. The van der Waals surface area contributed by atoms with Crippen LogP contribution in [0.4, 0.5) is 0 Å². The van der Waals surface area contributed by atoms with E-state index in [0.29, 0.717) is 0 Å². The molecule has 1 saturated heterocycles. The van der Waals surface area contributed by atoms with Crippen LogP contribution < -0.4 is 0 Å². The molecule has 1 unspecified atom stereocenters. The average molecular weight is 70.1 g/mol. The molecule has 28 valence electrons. The van der Waals surface area contributed by atoms with E-state index >= 15 is 0 Å². The highest BCUT2D eigenvalue weighted by Gasteiger charge is 2.46. The molecule has 2 aliphatic rings. The first-order valence-corrected chi connectivity index (χ1v) is 2.12. The lowest BCUT2D eigenvalue weighted by molar-refractivity contribution is 0.417. The van der Waals surface area contributed by atoms with Crippen molar-refractivity contribution in [1.29, 1.82) is 0 Å². The lowest BCUT2D eigenvalue weighted by atomic mass is 10.0. The van der Waals surface area contributed by atoms with Crippen molar-refractivity contribution in [2.45, 2.75) is 25.0 Å². The predicted octanol–water partition coefficient (Wildman–Crippen LogP) is 0.548. The van der Waals surface area contributed by atoms with Crippen molar-refractivity contribution < 1.29 is 4.74 Å². The van der Waals surface area contributed by atoms with Crippen LogP contribution in [-0.4, -0.2) is 12.2 Å². The Kier molecular flexibility index (Phi) is 0.189. The standard InChI is InChI=1S/C4H6O/c1-2-4-3(1)5-4/h3-4H,1-2H2/t3-,4?/m0/s1. The molecule has 0 aromatic heterocycles. The quantitative estimate of drug-likeness (QED) is 0.379. The minimum Gasteiger partial charge on any atom is -0.370 e. The summed E-state index contributed by atoms with van der Waals surface area (Å²) in [5.74, 6) is 0. The molecule has 1 aliphatic heterocycles. The van der Waals surface area contributed by atoms with Gasteiger partial charge in [-0.3, -0.25) is 0 Å². The van der Waals surface area contributed by atoms with E-state index < -0.39 is 0 Å². The summed E-state index contributed by atoms with van der Waals surface area (Å²) >= 11 is 0. The Balaban J connectivity index is 2.19. The van der Waals surface area contributed by atoms with E-state index in [2.05, 4.69) is 0 Å². The maximum absolute atomic E-state index is 5.03. The Bertz CT molecular complexity index is 48.7. The van der Waals surface area contributed by atoms with Gasteiger partial charge in [0.05, 0.1) is 12.2 Å². The molecule has 0 radical (unpaired) electrons. The van der Waals surface area contributed by atoms with Gasteiger partial charge in [-0.1, -0.05) is 0 Å². The van der Waals surface area contributed by atoms with E-state index in [4.69, 9.17) is 4.74 Å². The first-order valence-electron chi connectivity index (χ1n) is 2.12. The summed E-state index contributed by atoms with van der Waals surface area (Å²) < 4.78 is 5.03. The Hall–Kier alpha value is -0.0400. The van der Waals surface area contributed by atoms with Crippen LogP contribution in [-0.2, 0) is 4.74 Å². The highest BCUT2D eigenvalue weighted by atomic mass is 16.6. The van der Waals surface area contributed by atoms with E-state index in [1.165, 1.54) is 12.8 Å². The van der Waals surface area contributed by atoms with Crippen LogP contribution in [0.15, 0.2) is 0 Å². The molecule has 1 nitrogen and oxygen atoms in total. The largest absolute Gasteiger partial charge is 0.370 e. The number of ether oxygens (including phenoxy) is 1. The fourth-order valence-electron chi connectivity index (χ4n) is 0.754. The smallest absolute Gasteiger partial charge is 0.0842 e. The van der Waals surface area contributed by atoms with Gasteiger partial charge < -0.3 is 4.74 Å². The van der Waals surface area contributed by atoms with Crippen molar-refractivity contribution in [3.8, 4) is 0 Å². The number of epoxide rings is 1. The molecular formula is C4H6O. The molecule has 0 bridgehead atoms. The lowest BCUT2D eigenvalue weighted by Gasteiger charge is -1.97. The number of hydrogen-bond acceptors (Lipinski definition) is 1. The topological polar surface area (TPSA) is 12.5 Å². The fourth-order valence-corrected chi connectivity index (χ4v) is 0.754. The van der Waals surface area contributed by atoms with Gasteiger partial charge in [0, 0.05) is 0 Å². The highest BCUT2D eigenvalue weighted by molar-refractivity contribution is 4.94. The maximum Gasteiger partial charge on any atom is 0.0842 e. The Morgan fingerprint density at radius 1 is 1.20 bits per heavy atom. The number of hydrogen-bond donors (Lipinski definition) is 0. The maximum atomic E-state index is 5.03. The van der Waals surface area contributed by atoms with Crippen LogP contribution in [0.25, 0.3) is 0 Å². The lowest BCUT2D eigenvalue weighted by Crippen LogP contribution is -2.04. The van der Waals surface area contributed by atoms with Gasteiger partial charge in [0.1, 0.15) is 0 Å².